The molecule has 0 rings (SSSR count). The second-order valence-electron chi connectivity index (χ2n) is 1.45. The fraction of sp³-hybridized carbons (Fsp3) is 0.250. The van der Waals surface area contributed by atoms with E-state index in [2.05, 4.69) is 21.3 Å². The van der Waals surface area contributed by atoms with Crippen LogP contribution in [0.3, 0.4) is 0 Å². The van der Waals surface area contributed by atoms with Gasteiger partial charge in [0.25, 0.3) is 0 Å². The Kier molecular flexibility index (Phi) is 6.01. The number of carbonyl (C=O) groups is 1. The Morgan fingerprint density at radius 1 is 1.42 bits per heavy atom. The lowest BCUT2D eigenvalue weighted by atomic mass is 10.6. The molecule has 0 N–H and O–H groups in total. The number of hydrogen-bond donors (Lipinski definition) is 0. The third kappa shape index (κ3) is 6.18. The van der Waals surface area contributed by atoms with Crippen LogP contribution in [0.4, 0.5) is 0 Å². The zero-order valence-corrected chi connectivity index (χ0v) is 6.12. The van der Waals surface area contributed by atoms with Crippen LogP contribution in [0.5, 0.6) is 0 Å². The molecule has 0 aromatic rings. The summed E-state index contributed by atoms with van der Waals surface area (Å²) in [6.07, 6.45) is 4.80. The number of terminal acetylenes is 1. The van der Waals surface area contributed by atoms with E-state index in [0.29, 0.717) is 0 Å². The van der Waals surface area contributed by atoms with E-state index in [4.69, 9.17) is 6.42 Å². The zero-order chi connectivity index (χ0) is 9.23. The predicted octanol–water partition coefficient (Wildman–Crippen LogP) is -0.750. The normalized spacial score (nSPS) is 6.92. The number of rotatable bonds is 3. The first-order chi connectivity index (χ1) is 5.81. The maximum atomic E-state index is 10.5. The van der Waals surface area contributed by atoms with Gasteiger partial charge >= 0.3 is 12.4 Å². The summed E-state index contributed by atoms with van der Waals surface area (Å²) < 4.78 is 8.43. The van der Waals surface area contributed by atoms with Crippen LogP contribution in [0, 0.1) is 24.2 Å². The Morgan fingerprint density at radius 2 is 2.17 bits per heavy atom. The molecule has 0 saturated carbocycles. The standard InChI is InChI=1S/C8H5O4/c1-2-5-12-8(10)4-3-6-11-7-9/h1H,5-6H2. The Balaban J connectivity index is 3.58. The van der Waals surface area contributed by atoms with Crippen LogP contribution >= 0.6 is 0 Å². The number of carbonyl (C=O) groups excluding carboxylic acids is 2. The lowest BCUT2D eigenvalue weighted by Crippen LogP contribution is -2.01. The van der Waals surface area contributed by atoms with Crippen LogP contribution < -0.4 is 0 Å². The Hall–Kier alpha value is -1.94. The molecule has 0 aliphatic rings. The number of hydrogen-bond acceptors (Lipinski definition) is 4. The van der Waals surface area contributed by atoms with Gasteiger partial charge in [0, 0.05) is 5.92 Å². The molecule has 12 heavy (non-hydrogen) atoms. The third-order valence-electron chi connectivity index (χ3n) is 0.680. The molecule has 0 heterocycles. The highest BCUT2D eigenvalue weighted by molar-refractivity contribution is 5.88. The summed E-state index contributed by atoms with van der Waals surface area (Å²) in [5.41, 5.74) is 0. The monoisotopic (exact) mass is 165 g/mol. The van der Waals surface area contributed by atoms with Gasteiger partial charge in [-0.3, -0.25) is 0 Å². The van der Waals surface area contributed by atoms with Crippen LogP contribution in [0.15, 0.2) is 0 Å². The molecule has 0 fully saturated rings. The van der Waals surface area contributed by atoms with E-state index < -0.39 is 5.97 Å². The molecule has 0 spiro atoms. The quantitative estimate of drug-likeness (QED) is 0.239. The van der Waals surface area contributed by atoms with Crippen molar-refractivity contribution in [3.63, 3.8) is 0 Å². The van der Waals surface area contributed by atoms with Gasteiger partial charge in [-0.25, -0.2) is 9.59 Å². The van der Waals surface area contributed by atoms with Crippen molar-refractivity contribution in [2.24, 2.45) is 0 Å². The van der Waals surface area contributed by atoms with E-state index in [1.54, 1.807) is 0 Å². The van der Waals surface area contributed by atoms with Crippen LogP contribution in [0.25, 0.3) is 0 Å². The SMILES string of the molecule is C#CCOC(=O)C#CCO[C]=O. The van der Waals surface area contributed by atoms with E-state index >= 15 is 0 Å². The van der Waals surface area contributed by atoms with E-state index in [9.17, 15) is 9.59 Å². The second-order valence-corrected chi connectivity index (χ2v) is 1.45. The molecule has 0 atom stereocenters. The van der Waals surface area contributed by atoms with Crippen molar-refractivity contribution in [2.75, 3.05) is 13.2 Å². The summed E-state index contributed by atoms with van der Waals surface area (Å²) in [5.74, 6) is 5.61. The van der Waals surface area contributed by atoms with Crippen molar-refractivity contribution in [1.29, 1.82) is 0 Å². The topological polar surface area (TPSA) is 52.6 Å². The highest BCUT2D eigenvalue weighted by Crippen LogP contribution is 1.73. The van der Waals surface area contributed by atoms with Crippen molar-refractivity contribution in [2.45, 2.75) is 0 Å². The highest BCUT2D eigenvalue weighted by atomic mass is 16.5. The average Bonchev–Trinajstić information content (AvgIpc) is 2.09. The molecular formula is C8H5O4. The van der Waals surface area contributed by atoms with Crippen molar-refractivity contribution in [3.05, 3.63) is 0 Å². The fourth-order valence-corrected chi connectivity index (χ4v) is 0.317. The van der Waals surface area contributed by atoms with E-state index in [1.807, 2.05) is 5.92 Å². The molecule has 0 unspecified atom stereocenters. The summed E-state index contributed by atoms with van der Waals surface area (Å²) in [5, 5.41) is 0. The first-order valence-corrected chi connectivity index (χ1v) is 2.89. The maximum Gasteiger partial charge on any atom is 0.418 e. The van der Waals surface area contributed by atoms with Gasteiger partial charge in [0.1, 0.15) is 0 Å². The zero-order valence-electron chi connectivity index (χ0n) is 6.12. The minimum atomic E-state index is -0.748. The number of esters is 1. The molecular weight excluding hydrogens is 160 g/mol. The van der Waals surface area contributed by atoms with Gasteiger partial charge in [-0.2, -0.15) is 0 Å². The van der Waals surface area contributed by atoms with Crippen LogP contribution in [0.1, 0.15) is 0 Å². The summed E-state index contributed by atoms with van der Waals surface area (Å²) in [4.78, 5) is 20.0. The van der Waals surface area contributed by atoms with E-state index in [1.165, 1.54) is 0 Å². The largest absolute Gasteiger partial charge is 0.444 e. The van der Waals surface area contributed by atoms with Crippen LogP contribution in [-0.2, 0) is 19.1 Å². The molecule has 4 nitrogen and oxygen atoms in total. The molecule has 4 heteroatoms. The van der Waals surface area contributed by atoms with Gasteiger partial charge in [-0.15, -0.1) is 6.42 Å². The molecule has 61 valence electrons. The summed E-state index contributed by atoms with van der Waals surface area (Å²) in [6.45, 7) is 0.845. The molecule has 0 aromatic carbocycles. The van der Waals surface area contributed by atoms with Crippen molar-refractivity contribution in [1.82, 2.24) is 0 Å². The summed E-state index contributed by atoms with van der Waals surface area (Å²) in [7, 11) is 0. The fourth-order valence-electron chi connectivity index (χ4n) is 0.317. The van der Waals surface area contributed by atoms with Gasteiger partial charge in [-0.05, 0) is 5.92 Å². The minimum absolute atomic E-state index is 0.117. The van der Waals surface area contributed by atoms with E-state index in [-0.39, 0.29) is 13.2 Å². The van der Waals surface area contributed by atoms with Crippen LogP contribution in [0.2, 0.25) is 0 Å². The average molecular weight is 165 g/mol. The van der Waals surface area contributed by atoms with Gasteiger partial charge in [0.05, 0.1) is 0 Å². The van der Waals surface area contributed by atoms with Gasteiger partial charge < -0.3 is 9.47 Å². The number of ether oxygens (including phenoxy) is 2. The predicted molar refractivity (Wildman–Crippen MR) is 39.2 cm³/mol. The second kappa shape index (κ2) is 7.17. The smallest absolute Gasteiger partial charge is 0.418 e. The lowest BCUT2D eigenvalue weighted by Gasteiger charge is -1.89. The maximum absolute atomic E-state index is 10.5. The molecule has 0 saturated heterocycles. The summed E-state index contributed by atoms with van der Waals surface area (Å²) in [6, 6.07) is 0. The van der Waals surface area contributed by atoms with Crippen molar-refractivity contribution in [3.8, 4) is 24.2 Å². The molecule has 0 aliphatic carbocycles. The molecule has 0 bridgehead atoms. The van der Waals surface area contributed by atoms with Gasteiger partial charge in [-0.1, -0.05) is 5.92 Å². The lowest BCUT2D eigenvalue weighted by molar-refractivity contribution is -0.135. The Morgan fingerprint density at radius 3 is 2.75 bits per heavy atom. The van der Waals surface area contributed by atoms with Crippen molar-refractivity contribution < 1.29 is 19.1 Å². The molecule has 1 radical (unpaired) electrons. The van der Waals surface area contributed by atoms with Crippen LogP contribution in [-0.4, -0.2) is 25.7 Å². The Labute approximate surface area is 69.8 Å². The molecule has 0 aromatic heterocycles. The minimum Gasteiger partial charge on any atom is -0.444 e. The first kappa shape index (κ1) is 10.1. The summed E-state index contributed by atoms with van der Waals surface area (Å²) >= 11 is 0. The van der Waals surface area contributed by atoms with Crippen molar-refractivity contribution >= 4 is 12.4 Å². The molecule has 0 aliphatic heterocycles. The first-order valence-electron chi connectivity index (χ1n) is 2.89. The third-order valence-corrected chi connectivity index (χ3v) is 0.680. The Bertz CT molecular complexity index is 250. The van der Waals surface area contributed by atoms with E-state index in [0.717, 1.165) is 6.47 Å². The van der Waals surface area contributed by atoms with Gasteiger partial charge in [0.15, 0.2) is 13.2 Å². The molecule has 0 amide bonds. The highest BCUT2D eigenvalue weighted by Gasteiger charge is 1.91. The van der Waals surface area contributed by atoms with Gasteiger partial charge in [0.2, 0.25) is 0 Å².